The Hall–Kier alpha value is -2.33. The SMILES string of the molecule is C[C@]1(CCc2ccccc2)OC(=O)N(CCc2ccccc2)[C@]1(C)O. The maximum Gasteiger partial charge on any atom is 0.412 e. The zero-order valence-corrected chi connectivity index (χ0v) is 14.8. The molecule has 1 aliphatic rings. The van der Waals surface area contributed by atoms with Crippen LogP contribution in [0.2, 0.25) is 0 Å². The van der Waals surface area contributed by atoms with Crippen LogP contribution in [0.4, 0.5) is 4.79 Å². The minimum atomic E-state index is -1.34. The minimum absolute atomic E-state index is 0.427. The van der Waals surface area contributed by atoms with Gasteiger partial charge in [-0.05, 0) is 44.2 Å². The van der Waals surface area contributed by atoms with E-state index in [0.717, 1.165) is 12.0 Å². The number of carbonyl (C=O) groups is 1. The van der Waals surface area contributed by atoms with Gasteiger partial charge in [-0.2, -0.15) is 0 Å². The maximum absolute atomic E-state index is 12.4. The highest BCUT2D eigenvalue weighted by atomic mass is 16.6. The summed E-state index contributed by atoms with van der Waals surface area (Å²) in [7, 11) is 0. The molecule has 1 heterocycles. The zero-order valence-electron chi connectivity index (χ0n) is 14.8. The summed E-state index contributed by atoms with van der Waals surface area (Å²) in [6, 6.07) is 20.0. The van der Waals surface area contributed by atoms with Gasteiger partial charge in [-0.1, -0.05) is 60.7 Å². The van der Waals surface area contributed by atoms with Gasteiger partial charge >= 0.3 is 6.09 Å². The third-order valence-corrected chi connectivity index (χ3v) is 5.26. The van der Waals surface area contributed by atoms with Crippen LogP contribution in [0.25, 0.3) is 0 Å². The molecule has 132 valence electrons. The van der Waals surface area contributed by atoms with Crippen LogP contribution in [0.1, 0.15) is 31.4 Å². The van der Waals surface area contributed by atoms with E-state index in [1.807, 2.05) is 67.6 Å². The molecule has 0 aromatic heterocycles. The molecule has 25 heavy (non-hydrogen) atoms. The molecule has 0 bridgehead atoms. The van der Waals surface area contributed by atoms with E-state index in [1.165, 1.54) is 10.5 Å². The van der Waals surface area contributed by atoms with Crippen molar-refractivity contribution in [2.24, 2.45) is 0 Å². The van der Waals surface area contributed by atoms with Crippen molar-refractivity contribution in [3.8, 4) is 0 Å². The zero-order chi connectivity index (χ0) is 17.9. The van der Waals surface area contributed by atoms with Gasteiger partial charge in [-0.15, -0.1) is 0 Å². The van der Waals surface area contributed by atoms with Crippen LogP contribution in [-0.4, -0.2) is 34.0 Å². The van der Waals surface area contributed by atoms with Crippen molar-refractivity contribution in [1.82, 2.24) is 4.90 Å². The normalized spacial score (nSPS) is 25.9. The summed E-state index contributed by atoms with van der Waals surface area (Å²) in [6.07, 6.45) is 1.54. The second-order valence-corrected chi connectivity index (χ2v) is 6.99. The van der Waals surface area contributed by atoms with Crippen LogP contribution in [0, 0.1) is 0 Å². The molecule has 1 amide bonds. The molecule has 2 aromatic rings. The Balaban J connectivity index is 1.68. The van der Waals surface area contributed by atoms with Gasteiger partial charge in [0.15, 0.2) is 11.3 Å². The summed E-state index contributed by atoms with van der Waals surface area (Å²) in [6.45, 7) is 3.92. The standard InChI is InChI=1S/C21H25NO3/c1-20(15-13-17-9-5-3-6-10-17)21(2,24)22(19(23)25-20)16-14-18-11-7-4-8-12-18/h3-12,24H,13-16H2,1-2H3/t20-,21-/m1/s1. The fraction of sp³-hybridized carbons (Fsp3) is 0.381. The molecule has 0 aliphatic carbocycles. The Morgan fingerprint density at radius 3 is 2.00 bits per heavy atom. The molecule has 1 N–H and O–H groups in total. The van der Waals surface area contributed by atoms with Crippen molar-refractivity contribution in [2.75, 3.05) is 6.54 Å². The summed E-state index contributed by atoms with van der Waals surface area (Å²) < 4.78 is 5.62. The first kappa shape index (κ1) is 17.5. The smallest absolute Gasteiger partial charge is 0.412 e. The Labute approximate surface area is 149 Å². The number of nitrogens with zero attached hydrogens (tertiary/aromatic N) is 1. The fourth-order valence-electron chi connectivity index (χ4n) is 3.32. The lowest BCUT2D eigenvalue weighted by atomic mass is 9.87. The summed E-state index contributed by atoms with van der Waals surface area (Å²) in [5.74, 6) is 0. The number of hydrogen-bond donors (Lipinski definition) is 1. The van der Waals surface area contributed by atoms with E-state index >= 15 is 0 Å². The predicted molar refractivity (Wildman–Crippen MR) is 97.1 cm³/mol. The first-order chi connectivity index (χ1) is 11.9. The second kappa shape index (κ2) is 6.89. The fourth-order valence-corrected chi connectivity index (χ4v) is 3.32. The lowest BCUT2D eigenvalue weighted by Crippen LogP contribution is -2.55. The van der Waals surface area contributed by atoms with Crippen LogP contribution in [0.15, 0.2) is 60.7 Å². The molecule has 3 rings (SSSR count). The van der Waals surface area contributed by atoms with E-state index in [1.54, 1.807) is 6.92 Å². The number of cyclic esters (lactones) is 1. The number of ether oxygens (including phenoxy) is 1. The maximum atomic E-state index is 12.4. The van der Waals surface area contributed by atoms with Crippen LogP contribution in [0.3, 0.4) is 0 Å². The highest BCUT2D eigenvalue weighted by Crippen LogP contribution is 2.40. The molecule has 1 fully saturated rings. The quantitative estimate of drug-likeness (QED) is 0.871. The van der Waals surface area contributed by atoms with E-state index in [0.29, 0.717) is 19.4 Å². The van der Waals surface area contributed by atoms with Crippen molar-refractivity contribution < 1.29 is 14.6 Å². The first-order valence-corrected chi connectivity index (χ1v) is 8.73. The van der Waals surface area contributed by atoms with E-state index in [9.17, 15) is 9.90 Å². The van der Waals surface area contributed by atoms with E-state index < -0.39 is 17.4 Å². The average molecular weight is 339 g/mol. The first-order valence-electron chi connectivity index (χ1n) is 8.73. The minimum Gasteiger partial charge on any atom is -0.438 e. The number of amides is 1. The number of rotatable bonds is 6. The van der Waals surface area contributed by atoms with Gasteiger partial charge in [0.05, 0.1) is 0 Å². The van der Waals surface area contributed by atoms with Crippen molar-refractivity contribution in [2.45, 2.75) is 44.4 Å². The van der Waals surface area contributed by atoms with Crippen molar-refractivity contribution >= 4 is 6.09 Å². The number of hydrogen-bond acceptors (Lipinski definition) is 3. The predicted octanol–water partition coefficient (Wildman–Crippen LogP) is 3.78. The Morgan fingerprint density at radius 1 is 0.920 bits per heavy atom. The third kappa shape index (κ3) is 3.54. The highest BCUT2D eigenvalue weighted by molar-refractivity contribution is 5.72. The molecule has 0 radical (unpaired) electrons. The number of aryl methyl sites for hydroxylation is 1. The monoisotopic (exact) mass is 339 g/mol. The third-order valence-electron chi connectivity index (χ3n) is 5.26. The molecular weight excluding hydrogens is 314 g/mol. The lowest BCUT2D eigenvalue weighted by Gasteiger charge is -2.37. The van der Waals surface area contributed by atoms with E-state index in [4.69, 9.17) is 4.74 Å². The molecule has 0 spiro atoms. The molecule has 1 aliphatic heterocycles. The largest absolute Gasteiger partial charge is 0.438 e. The van der Waals surface area contributed by atoms with Gasteiger partial charge in [0.25, 0.3) is 0 Å². The topological polar surface area (TPSA) is 49.8 Å². The number of benzene rings is 2. The van der Waals surface area contributed by atoms with Crippen molar-refractivity contribution in [1.29, 1.82) is 0 Å². The van der Waals surface area contributed by atoms with E-state index in [2.05, 4.69) is 0 Å². The summed E-state index contributed by atoms with van der Waals surface area (Å²) in [5, 5.41) is 11.1. The Kier molecular flexibility index (Phi) is 4.82. The molecule has 0 saturated carbocycles. The van der Waals surface area contributed by atoms with Crippen LogP contribution >= 0.6 is 0 Å². The van der Waals surface area contributed by atoms with Crippen LogP contribution in [-0.2, 0) is 17.6 Å². The number of aliphatic hydroxyl groups is 1. The number of carbonyl (C=O) groups excluding carboxylic acids is 1. The molecule has 4 heteroatoms. The van der Waals surface area contributed by atoms with Gasteiger partial charge in [-0.3, -0.25) is 4.90 Å². The molecule has 1 saturated heterocycles. The van der Waals surface area contributed by atoms with Gasteiger partial charge in [-0.25, -0.2) is 4.79 Å². The lowest BCUT2D eigenvalue weighted by molar-refractivity contribution is -0.138. The second-order valence-electron chi connectivity index (χ2n) is 6.99. The summed E-state index contributed by atoms with van der Waals surface area (Å²) in [4.78, 5) is 13.8. The van der Waals surface area contributed by atoms with E-state index in [-0.39, 0.29) is 0 Å². The molecule has 0 unspecified atom stereocenters. The van der Waals surface area contributed by atoms with Crippen LogP contribution in [0.5, 0.6) is 0 Å². The molecule has 2 atom stereocenters. The Bertz CT molecular complexity index is 714. The van der Waals surface area contributed by atoms with Crippen molar-refractivity contribution in [3.63, 3.8) is 0 Å². The van der Waals surface area contributed by atoms with Crippen molar-refractivity contribution in [3.05, 3.63) is 71.8 Å². The van der Waals surface area contributed by atoms with Gasteiger partial charge < -0.3 is 9.84 Å². The van der Waals surface area contributed by atoms with Gasteiger partial charge in [0, 0.05) is 6.54 Å². The summed E-state index contributed by atoms with van der Waals surface area (Å²) >= 11 is 0. The summed E-state index contributed by atoms with van der Waals surface area (Å²) in [5.41, 5.74) is 0.0202. The van der Waals surface area contributed by atoms with Gasteiger partial charge in [0.2, 0.25) is 0 Å². The average Bonchev–Trinajstić information content (AvgIpc) is 2.78. The highest BCUT2D eigenvalue weighted by Gasteiger charge is 2.58. The molecule has 4 nitrogen and oxygen atoms in total. The molecule has 2 aromatic carbocycles. The molecular formula is C21H25NO3. The van der Waals surface area contributed by atoms with Gasteiger partial charge in [0.1, 0.15) is 0 Å². The Morgan fingerprint density at radius 2 is 1.44 bits per heavy atom. The van der Waals surface area contributed by atoms with Crippen LogP contribution < -0.4 is 0 Å².